The van der Waals surface area contributed by atoms with E-state index < -0.39 is 4.92 Å². The summed E-state index contributed by atoms with van der Waals surface area (Å²) in [7, 11) is 0. The third-order valence-corrected chi connectivity index (χ3v) is 2.77. The molecule has 0 aliphatic heterocycles. The fraction of sp³-hybridized carbons (Fsp3) is 0.0769. The van der Waals surface area contributed by atoms with E-state index in [1.807, 2.05) is 0 Å². The van der Waals surface area contributed by atoms with Crippen LogP contribution in [0.1, 0.15) is 11.1 Å². The number of hydrogen-bond acceptors (Lipinski definition) is 6. The fourth-order valence-corrected chi connectivity index (χ4v) is 1.79. The Labute approximate surface area is 119 Å². The number of ether oxygens (including phenoxy) is 1. The molecule has 0 aliphatic rings. The largest absolute Gasteiger partial charge is 0.448 e. The normalized spacial score (nSPS) is 11.2. The Morgan fingerprint density at radius 1 is 1.43 bits per heavy atom. The molecule has 21 heavy (non-hydrogen) atoms. The lowest BCUT2D eigenvalue weighted by atomic mass is 10.2. The Morgan fingerprint density at radius 3 is 2.86 bits per heavy atom. The molecule has 0 radical (unpaired) electrons. The number of nitrogens with two attached hydrogens (primary N) is 1. The third-order valence-electron chi connectivity index (χ3n) is 2.77. The minimum absolute atomic E-state index is 0.0555. The molecule has 0 saturated carbocycles. The predicted octanol–water partition coefficient (Wildman–Crippen LogP) is 2.19. The molecular weight excluding hydrogens is 276 g/mol. The number of nitro benzene ring substituents is 1. The summed E-state index contributed by atoms with van der Waals surface area (Å²) in [4.78, 5) is 14.5. The summed E-state index contributed by atoms with van der Waals surface area (Å²) in [5.41, 5.74) is 6.13. The van der Waals surface area contributed by atoms with Crippen molar-refractivity contribution in [3.8, 4) is 11.5 Å². The standard InChI is InChI=1S/C13H12N4O4/c1-8-3-2-4-10(12(8)17(19)20)21-11-7-15-6-5-9(11)13(14)16-18/h2-7,18H,1H3,(H2,14,16). The molecule has 2 rings (SSSR count). The molecule has 0 aliphatic carbocycles. The van der Waals surface area contributed by atoms with Crippen molar-refractivity contribution in [3.63, 3.8) is 0 Å². The van der Waals surface area contributed by atoms with Gasteiger partial charge in [0.1, 0.15) is 0 Å². The van der Waals surface area contributed by atoms with Gasteiger partial charge in [-0.3, -0.25) is 15.1 Å². The number of aryl methyl sites for hydroxylation is 1. The van der Waals surface area contributed by atoms with Crippen molar-refractivity contribution >= 4 is 11.5 Å². The Morgan fingerprint density at radius 2 is 2.19 bits per heavy atom. The second kappa shape index (κ2) is 5.87. The zero-order valence-corrected chi connectivity index (χ0v) is 11.1. The SMILES string of the molecule is Cc1cccc(Oc2cnccc2/C(N)=N/O)c1[N+](=O)[O-]. The first-order valence-electron chi connectivity index (χ1n) is 5.88. The van der Waals surface area contributed by atoms with Gasteiger partial charge in [-0.15, -0.1) is 0 Å². The summed E-state index contributed by atoms with van der Waals surface area (Å²) >= 11 is 0. The van der Waals surface area contributed by atoms with Crippen molar-refractivity contribution in [2.24, 2.45) is 10.9 Å². The molecular formula is C13H12N4O4. The second-order valence-corrected chi connectivity index (χ2v) is 4.14. The lowest BCUT2D eigenvalue weighted by Gasteiger charge is -2.10. The fourth-order valence-electron chi connectivity index (χ4n) is 1.79. The molecule has 0 atom stereocenters. The van der Waals surface area contributed by atoms with Crippen molar-refractivity contribution in [3.05, 3.63) is 57.9 Å². The average Bonchev–Trinajstić information content (AvgIpc) is 2.46. The highest BCUT2D eigenvalue weighted by Gasteiger charge is 2.20. The maximum atomic E-state index is 11.1. The van der Waals surface area contributed by atoms with Crippen LogP contribution in [0.15, 0.2) is 41.8 Å². The number of pyridine rings is 1. The van der Waals surface area contributed by atoms with E-state index in [1.54, 1.807) is 19.1 Å². The Bertz CT molecular complexity index is 715. The molecule has 0 saturated heterocycles. The first-order valence-corrected chi connectivity index (χ1v) is 5.88. The van der Waals surface area contributed by atoms with Crippen LogP contribution in [0.4, 0.5) is 5.69 Å². The molecule has 0 spiro atoms. The molecule has 1 aromatic heterocycles. The van der Waals surface area contributed by atoms with Gasteiger partial charge in [0.05, 0.1) is 16.7 Å². The summed E-state index contributed by atoms with van der Waals surface area (Å²) in [6, 6.07) is 6.19. The highest BCUT2D eigenvalue weighted by atomic mass is 16.6. The maximum absolute atomic E-state index is 11.1. The van der Waals surface area contributed by atoms with Crippen molar-refractivity contribution in [2.75, 3.05) is 0 Å². The van der Waals surface area contributed by atoms with Crippen LogP contribution < -0.4 is 10.5 Å². The molecule has 3 N–H and O–H groups in total. The van der Waals surface area contributed by atoms with Crippen molar-refractivity contribution in [2.45, 2.75) is 6.92 Å². The van der Waals surface area contributed by atoms with Gasteiger partial charge in [-0.25, -0.2) is 0 Å². The number of benzene rings is 1. The molecule has 1 aromatic carbocycles. The highest BCUT2D eigenvalue weighted by Crippen LogP contribution is 2.34. The topological polar surface area (TPSA) is 124 Å². The molecule has 1 heterocycles. The number of hydrogen-bond donors (Lipinski definition) is 2. The minimum atomic E-state index is -0.524. The smallest absolute Gasteiger partial charge is 0.314 e. The Balaban J connectivity index is 2.49. The van der Waals surface area contributed by atoms with Gasteiger partial charge < -0.3 is 15.7 Å². The Kier molecular flexibility index (Phi) is 3.98. The van der Waals surface area contributed by atoms with E-state index in [4.69, 9.17) is 15.7 Å². The van der Waals surface area contributed by atoms with Crippen LogP contribution in [0.3, 0.4) is 0 Å². The van der Waals surface area contributed by atoms with Crippen molar-refractivity contribution in [1.82, 2.24) is 4.98 Å². The van der Waals surface area contributed by atoms with E-state index >= 15 is 0 Å². The highest BCUT2D eigenvalue weighted by molar-refractivity contribution is 5.99. The maximum Gasteiger partial charge on any atom is 0.314 e. The van der Waals surface area contributed by atoms with Gasteiger partial charge in [0, 0.05) is 11.8 Å². The van der Waals surface area contributed by atoms with Gasteiger partial charge in [-0.05, 0) is 19.1 Å². The van der Waals surface area contributed by atoms with Crippen LogP contribution in [0.2, 0.25) is 0 Å². The third kappa shape index (κ3) is 2.89. The van der Waals surface area contributed by atoms with Gasteiger partial charge in [-0.1, -0.05) is 17.3 Å². The molecule has 108 valence electrons. The number of oxime groups is 1. The number of amidine groups is 1. The molecule has 0 bridgehead atoms. The summed E-state index contributed by atoms with van der Waals surface area (Å²) in [5, 5.41) is 22.8. The van der Waals surface area contributed by atoms with Crippen molar-refractivity contribution < 1.29 is 14.9 Å². The lowest BCUT2D eigenvalue weighted by Crippen LogP contribution is -2.14. The molecule has 0 unspecified atom stereocenters. The molecule has 0 amide bonds. The minimum Gasteiger partial charge on any atom is -0.448 e. The molecule has 0 fully saturated rings. The quantitative estimate of drug-likeness (QED) is 0.292. The van der Waals surface area contributed by atoms with Crippen LogP contribution in [0.25, 0.3) is 0 Å². The van der Waals surface area contributed by atoms with E-state index in [9.17, 15) is 10.1 Å². The number of nitrogens with zero attached hydrogens (tertiary/aromatic N) is 3. The van der Waals surface area contributed by atoms with Gasteiger partial charge in [0.25, 0.3) is 0 Å². The van der Waals surface area contributed by atoms with Crippen LogP contribution in [0.5, 0.6) is 11.5 Å². The number of aromatic nitrogens is 1. The second-order valence-electron chi connectivity index (χ2n) is 4.14. The van der Waals surface area contributed by atoms with Crippen LogP contribution >= 0.6 is 0 Å². The predicted molar refractivity (Wildman–Crippen MR) is 74.7 cm³/mol. The van der Waals surface area contributed by atoms with Gasteiger partial charge in [0.15, 0.2) is 11.6 Å². The zero-order chi connectivity index (χ0) is 15.4. The first kappa shape index (κ1) is 14.3. The monoisotopic (exact) mass is 288 g/mol. The summed E-state index contributed by atoms with van der Waals surface area (Å²) in [6.45, 7) is 1.61. The van der Waals surface area contributed by atoms with Gasteiger partial charge in [-0.2, -0.15) is 0 Å². The van der Waals surface area contributed by atoms with Crippen LogP contribution in [-0.2, 0) is 0 Å². The van der Waals surface area contributed by atoms with E-state index in [1.165, 1.54) is 24.5 Å². The van der Waals surface area contributed by atoms with E-state index in [0.29, 0.717) is 5.56 Å². The molecule has 8 nitrogen and oxygen atoms in total. The van der Waals surface area contributed by atoms with E-state index in [2.05, 4.69) is 10.1 Å². The van der Waals surface area contributed by atoms with E-state index in [-0.39, 0.29) is 28.6 Å². The average molecular weight is 288 g/mol. The molecule has 2 aromatic rings. The molecule has 8 heteroatoms. The first-order chi connectivity index (χ1) is 10.0. The van der Waals surface area contributed by atoms with Crippen LogP contribution in [-0.4, -0.2) is 21.0 Å². The summed E-state index contributed by atoms with van der Waals surface area (Å²) in [6.07, 6.45) is 2.77. The van der Waals surface area contributed by atoms with Crippen LogP contribution in [0, 0.1) is 17.0 Å². The Hall–Kier alpha value is -3.16. The number of para-hydroxylation sites is 1. The summed E-state index contributed by atoms with van der Waals surface area (Å²) in [5.74, 6) is 0.0317. The number of rotatable bonds is 4. The van der Waals surface area contributed by atoms with E-state index in [0.717, 1.165) is 0 Å². The number of nitro groups is 1. The summed E-state index contributed by atoms with van der Waals surface area (Å²) < 4.78 is 5.53. The van der Waals surface area contributed by atoms with Gasteiger partial charge in [0.2, 0.25) is 5.75 Å². The lowest BCUT2D eigenvalue weighted by molar-refractivity contribution is -0.386. The van der Waals surface area contributed by atoms with Crippen molar-refractivity contribution in [1.29, 1.82) is 0 Å². The zero-order valence-electron chi connectivity index (χ0n) is 11.1. The van der Waals surface area contributed by atoms with Gasteiger partial charge >= 0.3 is 5.69 Å².